The van der Waals surface area contributed by atoms with Gasteiger partial charge in [0.2, 0.25) is 11.8 Å². The van der Waals surface area contributed by atoms with Gasteiger partial charge >= 0.3 is 0 Å². The number of nitrogens with zero attached hydrogens (tertiary/aromatic N) is 2. The summed E-state index contributed by atoms with van der Waals surface area (Å²) in [6.07, 6.45) is 5.43. The van der Waals surface area contributed by atoms with Crippen molar-refractivity contribution < 1.29 is 9.59 Å². The number of likely N-dealkylation sites (N-methyl/N-ethyl adjacent to an activating group) is 1. The molecule has 2 fully saturated rings. The van der Waals surface area contributed by atoms with Crippen molar-refractivity contribution in [2.45, 2.75) is 50.6 Å². The topological polar surface area (TPSA) is 66.6 Å². The molecule has 1 heterocycles. The second-order valence-electron chi connectivity index (χ2n) is 6.04. The summed E-state index contributed by atoms with van der Waals surface area (Å²) in [6.45, 7) is 0.713. The molecule has 0 bridgehead atoms. The van der Waals surface area contributed by atoms with Crippen LogP contribution >= 0.6 is 0 Å². The third-order valence-electron chi connectivity index (χ3n) is 4.45. The molecule has 0 aromatic rings. The summed E-state index contributed by atoms with van der Waals surface area (Å²) in [5.74, 6) is 0.463. The van der Waals surface area contributed by atoms with Gasteiger partial charge in [-0.15, -0.1) is 0 Å². The Balaban J connectivity index is 1.95. The molecule has 0 spiro atoms. The zero-order valence-corrected chi connectivity index (χ0v) is 12.0. The number of amides is 2. The Labute approximate surface area is 115 Å². The van der Waals surface area contributed by atoms with Crippen molar-refractivity contribution in [2.24, 2.45) is 11.7 Å². The third-order valence-corrected chi connectivity index (χ3v) is 4.45. The molecule has 2 N–H and O–H groups in total. The average molecular weight is 267 g/mol. The maximum atomic E-state index is 12.4. The first kappa shape index (κ1) is 14.3. The highest BCUT2D eigenvalue weighted by Crippen LogP contribution is 2.29. The van der Waals surface area contributed by atoms with Crippen LogP contribution in [0.3, 0.4) is 0 Å². The van der Waals surface area contributed by atoms with E-state index < -0.39 is 0 Å². The molecule has 0 aromatic heterocycles. The Kier molecular flexibility index (Phi) is 4.45. The van der Waals surface area contributed by atoms with Crippen molar-refractivity contribution in [1.82, 2.24) is 9.80 Å². The molecule has 1 aliphatic heterocycles. The summed E-state index contributed by atoms with van der Waals surface area (Å²) in [4.78, 5) is 27.8. The minimum atomic E-state index is -0.250. The van der Waals surface area contributed by atoms with Gasteiger partial charge in [0.25, 0.3) is 0 Å². The maximum Gasteiger partial charge on any atom is 0.244 e. The first-order valence-corrected chi connectivity index (χ1v) is 7.27. The number of carbonyl (C=O) groups excluding carboxylic acids is 2. The van der Waals surface area contributed by atoms with Crippen molar-refractivity contribution in [3.8, 4) is 0 Å². The second-order valence-corrected chi connectivity index (χ2v) is 6.04. The summed E-state index contributed by atoms with van der Waals surface area (Å²) >= 11 is 0. The van der Waals surface area contributed by atoms with Crippen LogP contribution < -0.4 is 5.73 Å². The van der Waals surface area contributed by atoms with Crippen molar-refractivity contribution in [3.63, 3.8) is 0 Å². The fraction of sp³-hybridized carbons (Fsp3) is 0.857. The van der Waals surface area contributed by atoms with Crippen LogP contribution in [0.4, 0.5) is 0 Å². The molecule has 1 aliphatic carbocycles. The Hall–Kier alpha value is -1.10. The zero-order valence-electron chi connectivity index (χ0n) is 12.0. The fourth-order valence-corrected chi connectivity index (χ4v) is 3.28. The Morgan fingerprint density at radius 1 is 1.21 bits per heavy atom. The highest BCUT2D eigenvalue weighted by Gasteiger charge is 2.36. The molecule has 108 valence electrons. The van der Waals surface area contributed by atoms with Crippen LogP contribution in [0.2, 0.25) is 0 Å². The Morgan fingerprint density at radius 2 is 1.95 bits per heavy atom. The summed E-state index contributed by atoms with van der Waals surface area (Å²) in [5.41, 5.74) is 6.02. The first-order chi connectivity index (χ1) is 9.00. The third kappa shape index (κ3) is 3.08. The van der Waals surface area contributed by atoms with Gasteiger partial charge in [-0.05, 0) is 31.6 Å². The van der Waals surface area contributed by atoms with E-state index in [9.17, 15) is 9.59 Å². The summed E-state index contributed by atoms with van der Waals surface area (Å²) in [6, 6.07) is -0.0883. The van der Waals surface area contributed by atoms with E-state index in [0.29, 0.717) is 18.9 Å². The number of likely N-dealkylation sites (tertiary alicyclic amines) is 1. The first-order valence-electron chi connectivity index (χ1n) is 7.27. The molecule has 3 atom stereocenters. The molecular formula is C14H25N3O2. The maximum absolute atomic E-state index is 12.4. The van der Waals surface area contributed by atoms with Gasteiger partial charge in [-0.3, -0.25) is 9.59 Å². The number of nitrogens with two attached hydrogens (primary N) is 1. The smallest absolute Gasteiger partial charge is 0.244 e. The molecule has 2 amide bonds. The van der Waals surface area contributed by atoms with E-state index in [0.717, 1.165) is 32.1 Å². The lowest BCUT2D eigenvalue weighted by atomic mass is 9.99. The Bertz CT molecular complexity index is 357. The SMILES string of the molecule is CN(C)C(=O)C1CCCN1C(=O)C[C@@H]1CCC[C@H]1N. The van der Waals surface area contributed by atoms with E-state index in [1.165, 1.54) is 0 Å². The summed E-state index contributed by atoms with van der Waals surface area (Å²) < 4.78 is 0. The van der Waals surface area contributed by atoms with E-state index in [4.69, 9.17) is 5.73 Å². The molecule has 1 saturated carbocycles. The van der Waals surface area contributed by atoms with Gasteiger partial charge in [0.15, 0.2) is 0 Å². The van der Waals surface area contributed by atoms with Crippen molar-refractivity contribution in [2.75, 3.05) is 20.6 Å². The zero-order chi connectivity index (χ0) is 14.0. The minimum Gasteiger partial charge on any atom is -0.347 e. The number of hydrogen-bond acceptors (Lipinski definition) is 3. The minimum absolute atomic E-state index is 0.0431. The molecule has 0 radical (unpaired) electrons. The van der Waals surface area contributed by atoms with Gasteiger partial charge in [0.05, 0.1) is 0 Å². The largest absolute Gasteiger partial charge is 0.347 e. The van der Waals surface area contributed by atoms with E-state index in [2.05, 4.69) is 0 Å². The van der Waals surface area contributed by atoms with Crippen LogP contribution in [0.1, 0.15) is 38.5 Å². The van der Waals surface area contributed by atoms with Crippen LogP contribution in [0, 0.1) is 5.92 Å². The summed E-state index contributed by atoms with van der Waals surface area (Å²) in [5, 5.41) is 0. The normalized spacial score (nSPS) is 30.7. The van der Waals surface area contributed by atoms with Gasteiger partial charge in [0.1, 0.15) is 6.04 Å². The van der Waals surface area contributed by atoms with Crippen molar-refractivity contribution in [1.29, 1.82) is 0 Å². The summed E-state index contributed by atoms with van der Waals surface area (Å²) in [7, 11) is 3.49. The van der Waals surface area contributed by atoms with Gasteiger partial charge < -0.3 is 15.5 Å². The predicted molar refractivity (Wildman–Crippen MR) is 73.4 cm³/mol. The van der Waals surface area contributed by atoms with Crippen LogP contribution in [0.5, 0.6) is 0 Å². The highest BCUT2D eigenvalue weighted by atomic mass is 16.2. The lowest BCUT2D eigenvalue weighted by Crippen LogP contribution is -2.46. The molecule has 1 saturated heterocycles. The number of rotatable bonds is 3. The molecule has 19 heavy (non-hydrogen) atoms. The van der Waals surface area contributed by atoms with E-state index in [1.807, 2.05) is 0 Å². The monoisotopic (exact) mass is 267 g/mol. The molecule has 2 rings (SSSR count). The Morgan fingerprint density at radius 3 is 2.53 bits per heavy atom. The van der Waals surface area contributed by atoms with E-state index in [-0.39, 0.29) is 23.9 Å². The predicted octanol–water partition coefficient (Wildman–Crippen LogP) is 0.583. The number of hydrogen-bond donors (Lipinski definition) is 1. The van der Waals surface area contributed by atoms with Gasteiger partial charge in [-0.25, -0.2) is 0 Å². The molecule has 1 unspecified atom stereocenters. The van der Waals surface area contributed by atoms with Crippen molar-refractivity contribution >= 4 is 11.8 Å². The lowest BCUT2D eigenvalue weighted by molar-refractivity contribution is -0.142. The second kappa shape index (κ2) is 5.90. The molecule has 5 heteroatoms. The van der Waals surface area contributed by atoms with Crippen LogP contribution in [-0.4, -0.2) is 54.3 Å². The van der Waals surface area contributed by atoms with Crippen molar-refractivity contribution in [3.05, 3.63) is 0 Å². The molecule has 0 aromatic carbocycles. The van der Waals surface area contributed by atoms with Gasteiger partial charge in [-0.1, -0.05) is 6.42 Å². The highest BCUT2D eigenvalue weighted by molar-refractivity contribution is 5.88. The lowest BCUT2D eigenvalue weighted by Gasteiger charge is -2.27. The standard InChI is InChI=1S/C14H25N3O2/c1-16(2)14(19)12-7-4-8-17(12)13(18)9-10-5-3-6-11(10)15/h10-12H,3-9,15H2,1-2H3/t10-,11+,12?/m0/s1. The molecular weight excluding hydrogens is 242 g/mol. The van der Waals surface area contributed by atoms with Crippen LogP contribution in [0.15, 0.2) is 0 Å². The van der Waals surface area contributed by atoms with E-state index in [1.54, 1.807) is 23.9 Å². The van der Waals surface area contributed by atoms with Crippen LogP contribution in [-0.2, 0) is 9.59 Å². The number of carbonyl (C=O) groups is 2. The molecule has 5 nitrogen and oxygen atoms in total. The fourth-order valence-electron chi connectivity index (χ4n) is 3.28. The van der Waals surface area contributed by atoms with Crippen LogP contribution in [0.25, 0.3) is 0 Å². The average Bonchev–Trinajstić information content (AvgIpc) is 2.98. The van der Waals surface area contributed by atoms with Gasteiger partial charge in [-0.2, -0.15) is 0 Å². The van der Waals surface area contributed by atoms with E-state index >= 15 is 0 Å². The quantitative estimate of drug-likeness (QED) is 0.813. The molecule has 2 aliphatic rings. The van der Waals surface area contributed by atoms with Gasteiger partial charge in [0, 0.05) is 33.1 Å².